The van der Waals surface area contributed by atoms with Crippen molar-refractivity contribution in [1.29, 1.82) is 0 Å². The number of methoxy groups -OCH3 is 1. The van der Waals surface area contributed by atoms with Crippen LogP contribution in [-0.2, 0) is 11.3 Å². The maximum atomic E-state index is 12.4. The number of nitrogens with two attached hydrogens (primary N) is 1. The van der Waals surface area contributed by atoms with Crippen LogP contribution in [-0.4, -0.2) is 47.7 Å². The minimum Gasteiger partial charge on any atom is -0.461 e. The molecule has 4 rings (SSSR count). The van der Waals surface area contributed by atoms with Crippen LogP contribution >= 0.6 is 0 Å². The fourth-order valence-electron chi connectivity index (χ4n) is 3.79. The number of rotatable bonds is 8. The number of pyridine rings is 1. The SMILES string of the molecule is CNc1c(-c2c(C)ccc3c2CNN3)cc(-c2ccnc(OCC(C)OC)n2)nc1C(N)=O. The summed E-state index contributed by atoms with van der Waals surface area (Å²) in [6.07, 6.45) is 1.48. The molecule has 0 saturated carbocycles. The summed E-state index contributed by atoms with van der Waals surface area (Å²) in [5.74, 6) is -0.636. The minimum atomic E-state index is -0.636. The number of hydrogen-bond acceptors (Lipinski definition) is 9. The van der Waals surface area contributed by atoms with Gasteiger partial charge in [0.15, 0.2) is 5.69 Å². The smallest absolute Gasteiger partial charge is 0.317 e. The number of anilines is 2. The Hall–Kier alpha value is -3.76. The van der Waals surface area contributed by atoms with Gasteiger partial charge in [0.25, 0.3) is 5.91 Å². The highest BCUT2D eigenvalue weighted by Crippen LogP contribution is 2.40. The first-order valence-electron chi connectivity index (χ1n) is 10.6. The number of nitrogens with zero attached hydrogens (tertiary/aromatic N) is 3. The number of aromatic nitrogens is 3. The summed E-state index contributed by atoms with van der Waals surface area (Å²) >= 11 is 0. The van der Waals surface area contributed by atoms with E-state index in [1.54, 1.807) is 26.4 Å². The number of fused-ring (bicyclic) bond motifs is 1. The largest absolute Gasteiger partial charge is 0.461 e. The van der Waals surface area contributed by atoms with Crippen molar-refractivity contribution in [3.05, 3.63) is 47.3 Å². The Morgan fingerprint density at radius 1 is 1.27 bits per heavy atom. The van der Waals surface area contributed by atoms with Crippen LogP contribution < -0.4 is 26.6 Å². The quantitative estimate of drug-likeness (QED) is 0.409. The van der Waals surface area contributed by atoms with E-state index in [0.29, 0.717) is 30.2 Å². The van der Waals surface area contributed by atoms with E-state index in [9.17, 15) is 4.79 Å². The molecule has 33 heavy (non-hydrogen) atoms. The van der Waals surface area contributed by atoms with Crippen LogP contribution in [0.15, 0.2) is 30.5 Å². The van der Waals surface area contributed by atoms with Crippen LogP contribution in [0.5, 0.6) is 6.01 Å². The average Bonchev–Trinajstić information content (AvgIpc) is 3.30. The lowest BCUT2D eigenvalue weighted by atomic mass is 9.92. The number of primary amides is 1. The van der Waals surface area contributed by atoms with E-state index in [1.807, 2.05) is 32.0 Å². The first-order valence-corrected chi connectivity index (χ1v) is 10.6. The van der Waals surface area contributed by atoms with Crippen LogP contribution in [0.2, 0.25) is 0 Å². The van der Waals surface area contributed by atoms with Crippen LogP contribution in [0.1, 0.15) is 28.5 Å². The van der Waals surface area contributed by atoms with Crippen molar-refractivity contribution in [2.24, 2.45) is 5.73 Å². The van der Waals surface area contributed by atoms with Crippen molar-refractivity contribution in [3.63, 3.8) is 0 Å². The fourth-order valence-corrected chi connectivity index (χ4v) is 3.79. The molecule has 172 valence electrons. The Labute approximate surface area is 191 Å². The molecule has 10 nitrogen and oxygen atoms in total. The fraction of sp³-hybridized carbons (Fsp3) is 0.304. The Balaban J connectivity index is 1.87. The maximum Gasteiger partial charge on any atom is 0.317 e. The van der Waals surface area contributed by atoms with Crippen molar-refractivity contribution < 1.29 is 14.3 Å². The first kappa shape index (κ1) is 22.4. The van der Waals surface area contributed by atoms with E-state index in [1.165, 1.54) is 0 Å². The Bertz CT molecular complexity index is 1200. The predicted octanol–water partition coefficient (Wildman–Crippen LogP) is 2.50. The summed E-state index contributed by atoms with van der Waals surface area (Å²) in [5, 5.41) is 3.12. The number of aryl methyl sites for hydroxylation is 1. The average molecular weight is 450 g/mol. The summed E-state index contributed by atoms with van der Waals surface area (Å²) in [5.41, 5.74) is 18.7. The van der Waals surface area contributed by atoms with Crippen molar-refractivity contribution in [2.75, 3.05) is 31.5 Å². The van der Waals surface area contributed by atoms with E-state index < -0.39 is 5.91 Å². The molecule has 0 saturated heterocycles. The Morgan fingerprint density at radius 3 is 2.82 bits per heavy atom. The van der Waals surface area contributed by atoms with Gasteiger partial charge in [-0.3, -0.25) is 4.79 Å². The van der Waals surface area contributed by atoms with Crippen molar-refractivity contribution >= 4 is 17.3 Å². The molecule has 1 aromatic carbocycles. The van der Waals surface area contributed by atoms with Crippen molar-refractivity contribution in [3.8, 4) is 28.5 Å². The molecule has 1 aliphatic rings. The molecule has 3 aromatic rings. The minimum absolute atomic E-state index is 0.108. The number of carbonyl (C=O) groups is 1. The standard InChI is InChI=1S/C23H27N7O3/c1-12-5-6-16-15(10-27-30-16)19(12)14-9-18(28-21(22(24)31)20(14)25-3)17-7-8-26-23(29-17)33-11-13(2)32-4/h5-9,13,25,27,30H,10-11H2,1-4H3,(H2,24,31). The van der Waals surface area contributed by atoms with E-state index in [2.05, 4.69) is 31.1 Å². The number of nitrogens with one attached hydrogen (secondary N) is 3. The van der Waals surface area contributed by atoms with E-state index in [4.69, 9.17) is 15.2 Å². The molecule has 5 N–H and O–H groups in total. The molecule has 10 heteroatoms. The second kappa shape index (κ2) is 9.39. The molecule has 0 bridgehead atoms. The Kier molecular flexibility index (Phi) is 6.38. The molecular formula is C23H27N7O3. The zero-order chi connectivity index (χ0) is 23.5. The van der Waals surface area contributed by atoms with Gasteiger partial charge in [0.05, 0.1) is 28.9 Å². The molecule has 0 fully saturated rings. The number of carbonyl (C=O) groups excluding carboxylic acids is 1. The predicted molar refractivity (Wildman–Crippen MR) is 126 cm³/mol. The molecule has 0 aliphatic carbocycles. The monoisotopic (exact) mass is 449 g/mol. The lowest BCUT2D eigenvalue weighted by Crippen LogP contribution is -2.18. The van der Waals surface area contributed by atoms with E-state index in [0.717, 1.165) is 27.9 Å². The number of hydrazine groups is 1. The summed E-state index contributed by atoms with van der Waals surface area (Å²) in [6.45, 7) is 4.87. The zero-order valence-electron chi connectivity index (χ0n) is 19.0. The van der Waals surface area contributed by atoms with Gasteiger partial charge in [-0.1, -0.05) is 6.07 Å². The van der Waals surface area contributed by atoms with Gasteiger partial charge in [-0.15, -0.1) is 0 Å². The summed E-state index contributed by atoms with van der Waals surface area (Å²) < 4.78 is 10.8. The second-order valence-electron chi connectivity index (χ2n) is 7.74. The van der Waals surface area contributed by atoms with Gasteiger partial charge in [0.1, 0.15) is 6.61 Å². The maximum absolute atomic E-state index is 12.4. The van der Waals surface area contributed by atoms with Crippen molar-refractivity contribution in [2.45, 2.75) is 26.5 Å². The van der Waals surface area contributed by atoms with Crippen LogP contribution in [0, 0.1) is 6.92 Å². The summed E-state index contributed by atoms with van der Waals surface area (Å²) in [7, 11) is 3.36. The van der Waals surface area contributed by atoms with Gasteiger partial charge >= 0.3 is 6.01 Å². The summed E-state index contributed by atoms with van der Waals surface area (Å²) in [4.78, 5) is 25.6. The normalized spacial score (nSPS) is 13.2. The molecule has 1 atom stereocenters. The molecule has 1 aliphatic heterocycles. The highest BCUT2D eigenvalue weighted by Gasteiger charge is 2.24. The molecule has 3 heterocycles. The third-order valence-electron chi connectivity index (χ3n) is 5.53. The highest BCUT2D eigenvalue weighted by molar-refractivity contribution is 6.02. The molecule has 2 aromatic heterocycles. The number of hydrogen-bond donors (Lipinski definition) is 4. The van der Waals surface area contributed by atoms with E-state index >= 15 is 0 Å². The lowest BCUT2D eigenvalue weighted by molar-refractivity contribution is 0.0680. The van der Waals surface area contributed by atoms with Crippen LogP contribution in [0.25, 0.3) is 22.5 Å². The number of ether oxygens (including phenoxy) is 2. The number of benzene rings is 1. The van der Waals surface area contributed by atoms with Gasteiger partial charge in [-0.2, -0.15) is 4.98 Å². The lowest BCUT2D eigenvalue weighted by Gasteiger charge is -2.18. The third kappa shape index (κ3) is 4.43. The molecule has 0 radical (unpaired) electrons. The highest BCUT2D eigenvalue weighted by atomic mass is 16.5. The molecule has 1 amide bonds. The molecule has 0 spiro atoms. The van der Waals surface area contributed by atoms with E-state index in [-0.39, 0.29) is 17.8 Å². The second-order valence-corrected chi connectivity index (χ2v) is 7.74. The molecular weight excluding hydrogens is 422 g/mol. The van der Waals surface area contributed by atoms with Crippen molar-refractivity contribution in [1.82, 2.24) is 20.4 Å². The first-order chi connectivity index (χ1) is 15.9. The third-order valence-corrected chi connectivity index (χ3v) is 5.53. The summed E-state index contributed by atoms with van der Waals surface area (Å²) in [6, 6.07) is 7.88. The van der Waals surface area contributed by atoms with Crippen LogP contribution in [0.3, 0.4) is 0 Å². The van der Waals surface area contributed by atoms with Crippen LogP contribution in [0.4, 0.5) is 11.4 Å². The number of amides is 1. The zero-order valence-corrected chi connectivity index (χ0v) is 19.0. The molecule has 1 unspecified atom stereocenters. The van der Waals surface area contributed by atoms with Gasteiger partial charge in [0, 0.05) is 38.0 Å². The van der Waals surface area contributed by atoms with Gasteiger partial charge in [0.2, 0.25) is 0 Å². The van der Waals surface area contributed by atoms with Gasteiger partial charge in [-0.05, 0) is 43.2 Å². The Morgan fingerprint density at radius 2 is 2.09 bits per heavy atom. The van der Waals surface area contributed by atoms with Gasteiger partial charge in [-0.25, -0.2) is 15.4 Å². The van der Waals surface area contributed by atoms with Gasteiger partial charge < -0.3 is 25.9 Å². The topological polar surface area (TPSA) is 136 Å².